The molecule has 8 heteroatoms. The number of fused-ring (bicyclic) bond motifs is 3. The predicted octanol–water partition coefficient (Wildman–Crippen LogP) is 2.59. The average Bonchev–Trinajstić information content (AvgIpc) is 3.25. The van der Waals surface area contributed by atoms with Gasteiger partial charge in [0.15, 0.2) is 0 Å². The maximum atomic E-state index is 13.1. The first-order valence-electron chi connectivity index (χ1n) is 10.9. The van der Waals surface area contributed by atoms with Gasteiger partial charge in [0.2, 0.25) is 11.7 Å². The third-order valence-corrected chi connectivity index (χ3v) is 6.32. The summed E-state index contributed by atoms with van der Waals surface area (Å²) in [6, 6.07) is 11.6. The molecule has 0 unspecified atom stereocenters. The number of nitrogens with one attached hydrogen (secondary N) is 1. The van der Waals surface area contributed by atoms with Gasteiger partial charge in [0.25, 0.3) is 0 Å². The highest BCUT2D eigenvalue weighted by Crippen LogP contribution is 2.24. The van der Waals surface area contributed by atoms with Gasteiger partial charge in [-0.2, -0.15) is 0 Å². The molecule has 31 heavy (non-hydrogen) atoms. The SMILES string of the molecule is C[C@H]1CCCC[C@H]1NC(=O)Cn1c2ccccc2n2c(=O)n(Cc3ccncc3)nc12. The highest BCUT2D eigenvalue weighted by Gasteiger charge is 2.24. The van der Waals surface area contributed by atoms with E-state index in [-0.39, 0.29) is 24.2 Å². The Balaban J connectivity index is 1.51. The van der Waals surface area contributed by atoms with Gasteiger partial charge in [-0.15, -0.1) is 5.10 Å². The van der Waals surface area contributed by atoms with Crippen molar-refractivity contribution in [3.63, 3.8) is 0 Å². The van der Waals surface area contributed by atoms with Crippen molar-refractivity contribution in [2.75, 3.05) is 0 Å². The molecule has 0 radical (unpaired) electrons. The molecule has 0 spiro atoms. The molecule has 1 aromatic carbocycles. The number of para-hydroxylation sites is 2. The number of rotatable bonds is 5. The summed E-state index contributed by atoms with van der Waals surface area (Å²) in [4.78, 5) is 30.1. The van der Waals surface area contributed by atoms with Crippen LogP contribution in [0, 0.1) is 5.92 Å². The lowest BCUT2D eigenvalue weighted by Crippen LogP contribution is -2.42. The van der Waals surface area contributed by atoms with E-state index in [9.17, 15) is 9.59 Å². The van der Waals surface area contributed by atoms with Crippen molar-refractivity contribution >= 4 is 22.7 Å². The minimum atomic E-state index is -0.219. The fourth-order valence-electron chi connectivity index (χ4n) is 4.62. The number of hydrogen-bond donors (Lipinski definition) is 1. The van der Waals surface area contributed by atoms with Crippen LogP contribution in [0.2, 0.25) is 0 Å². The number of imidazole rings is 1. The monoisotopic (exact) mass is 418 g/mol. The van der Waals surface area contributed by atoms with Crippen LogP contribution in [0.5, 0.6) is 0 Å². The molecule has 3 heterocycles. The number of carbonyl (C=O) groups excluding carboxylic acids is 1. The maximum absolute atomic E-state index is 13.1. The van der Waals surface area contributed by atoms with Crippen LogP contribution in [0.3, 0.4) is 0 Å². The number of hydrogen-bond acceptors (Lipinski definition) is 4. The molecule has 4 aromatic rings. The number of nitrogens with zero attached hydrogens (tertiary/aromatic N) is 5. The van der Waals surface area contributed by atoms with E-state index in [0.29, 0.717) is 18.2 Å². The van der Waals surface area contributed by atoms with E-state index >= 15 is 0 Å². The molecule has 1 N–H and O–H groups in total. The molecule has 0 aliphatic heterocycles. The van der Waals surface area contributed by atoms with Gasteiger partial charge < -0.3 is 5.32 Å². The van der Waals surface area contributed by atoms with E-state index in [1.165, 1.54) is 11.1 Å². The molecule has 160 valence electrons. The van der Waals surface area contributed by atoms with Crippen molar-refractivity contribution in [2.45, 2.75) is 51.7 Å². The summed E-state index contributed by atoms with van der Waals surface area (Å²) in [6.07, 6.45) is 7.95. The van der Waals surface area contributed by atoms with Crippen LogP contribution in [-0.2, 0) is 17.9 Å². The molecule has 1 amide bonds. The van der Waals surface area contributed by atoms with Crippen LogP contribution in [-0.4, -0.2) is 35.7 Å². The van der Waals surface area contributed by atoms with Crippen molar-refractivity contribution in [3.8, 4) is 0 Å². The summed E-state index contributed by atoms with van der Waals surface area (Å²) >= 11 is 0. The van der Waals surface area contributed by atoms with E-state index in [1.807, 2.05) is 41.0 Å². The molecule has 5 rings (SSSR count). The Morgan fingerprint density at radius 3 is 2.61 bits per heavy atom. The molecule has 0 bridgehead atoms. The van der Waals surface area contributed by atoms with Crippen molar-refractivity contribution in [3.05, 3.63) is 64.8 Å². The summed E-state index contributed by atoms with van der Waals surface area (Å²) in [7, 11) is 0. The Kier molecular flexibility index (Phi) is 5.05. The number of pyridine rings is 1. The quantitative estimate of drug-likeness (QED) is 0.540. The minimum Gasteiger partial charge on any atom is -0.352 e. The Morgan fingerprint density at radius 1 is 1.10 bits per heavy atom. The van der Waals surface area contributed by atoms with Crippen LogP contribution in [0.1, 0.15) is 38.2 Å². The summed E-state index contributed by atoms with van der Waals surface area (Å²) in [5.41, 5.74) is 2.30. The fraction of sp³-hybridized carbons (Fsp3) is 0.391. The number of carbonyl (C=O) groups is 1. The highest BCUT2D eigenvalue weighted by atomic mass is 16.2. The average molecular weight is 419 g/mol. The molecule has 1 fully saturated rings. The third kappa shape index (κ3) is 3.62. The van der Waals surface area contributed by atoms with Crippen LogP contribution < -0.4 is 11.0 Å². The Morgan fingerprint density at radius 2 is 1.84 bits per heavy atom. The van der Waals surface area contributed by atoms with E-state index in [4.69, 9.17) is 0 Å². The van der Waals surface area contributed by atoms with Crippen molar-refractivity contribution in [1.29, 1.82) is 0 Å². The number of aromatic nitrogens is 5. The van der Waals surface area contributed by atoms with Gasteiger partial charge in [0.05, 0.1) is 17.6 Å². The lowest BCUT2D eigenvalue weighted by Gasteiger charge is -2.29. The lowest BCUT2D eigenvalue weighted by atomic mass is 9.86. The van der Waals surface area contributed by atoms with Crippen LogP contribution >= 0.6 is 0 Å². The molecule has 2 atom stereocenters. The smallest absolute Gasteiger partial charge is 0.352 e. The molecule has 0 saturated heterocycles. The van der Waals surface area contributed by atoms with Gasteiger partial charge in [-0.1, -0.05) is 31.9 Å². The Bertz CT molecular complexity index is 1290. The molecular formula is C23H26N6O2. The molecule has 1 aliphatic rings. The molecular weight excluding hydrogens is 392 g/mol. The topological polar surface area (TPSA) is 86.2 Å². The third-order valence-electron chi connectivity index (χ3n) is 6.32. The molecule has 3 aromatic heterocycles. The van der Waals surface area contributed by atoms with E-state index in [2.05, 4.69) is 22.3 Å². The van der Waals surface area contributed by atoms with E-state index < -0.39 is 0 Å². The zero-order chi connectivity index (χ0) is 21.4. The standard InChI is InChI=1S/C23H26N6O2/c1-16-6-2-3-7-18(16)25-21(30)15-27-19-8-4-5-9-20(19)29-22(27)26-28(23(29)31)14-17-10-12-24-13-11-17/h4-5,8-13,16,18H,2-3,6-7,14-15H2,1H3,(H,25,30)/t16-,18+/m0/s1. The lowest BCUT2D eigenvalue weighted by molar-refractivity contribution is -0.122. The number of amides is 1. The fourth-order valence-corrected chi connectivity index (χ4v) is 4.62. The first-order valence-corrected chi connectivity index (χ1v) is 10.9. The molecule has 1 aliphatic carbocycles. The maximum Gasteiger partial charge on any atom is 0.352 e. The zero-order valence-electron chi connectivity index (χ0n) is 17.6. The predicted molar refractivity (Wildman–Crippen MR) is 118 cm³/mol. The van der Waals surface area contributed by atoms with Crippen LogP contribution in [0.4, 0.5) is 0 Å². The van der Waals surface area contributed by atoms with Gasteiger partial charge >= 0.3 is 5.69 Å². The van der Waals surface area contributed by atoms with E-state index in [1.54, 1.807) is 16.8 Å². The van der Waals surface area contributed by atoms with Gasteiger partial charge in [0.1, 0.15) is 6.54 Å². The normalized spacial score (nSPS) is 19.1. The highest BCUT2D eigenvalue weighted by molar-refractivity contribution is 5.84. The largest absolute Gasteiger partial charge is 0.352 e. The Labute approximate surface area is 179 Å². The first-order chi connectivity index (χ1) is 15.1. The first kappa shape index (κ1) is 19.5. The molecule has 8 nitrogen and oxygen atoms in total. The Hall–Kier alpha value is -3.42. The van der Waals surface area contributed by atoms with Crippen molar-refractivity contribution in [1.82, 2.24) is 29.0 Å². The van der Waals surface area contributed by atoms with Crippen molar-refractivity contribution in [2.24, 2.45) is 5.92 Å². The number of benzene rings is 1. The van der Waals surface area contributed by atoms with Gasteiger partial charge in [-0.05, 0) is 48.6 Å². The second-order valence-electron chi connectivity index (χ2n) is 8.44. The van der Waals surface area contributed by atoms with E-state index in [0.717, 1.165) is 35.9 Å². The van der Waals surface area contributed by atoms with Gasteiger partial charge in [0, 0.05) is 18.4 Å². The summed E-state index contributed by atoms with van der Waals surface area (Å²) in [5, 5.41) is 7.80. The zero-order valence-corrected chi connectivity index (χ0v) is 17.6. The van der Waals surface area contributed by atoms with Crippen LogP contribution in [0.15, 0.2) is 53.6 Å². The summed E-state index contributed by atoms with van der Waals surface area (Å²) in [5.74, 6) is 0.923. The minimum absolute atomic E-state index is 0.0434. The van der Waals surface area contributed by atoms with Gasteiger partial charge in [-0.3, -0.25) is 14.3 Å². The summed E-state index contributed by atoms with van der Waals surface area (Å²) < 4.78 is 4.87. The van der Waals surface area contributed by atoms with Crippen molar-refractivity contribution < 1.29 is 4.79 Å². The molecule has 1 saturated carbocycles. The second kappa shape index (κ2) is 8.02. The van der Waals surface area contributed by atoms with Gasteiger partial charge in [-0.25, -0.2) is 13.9 Å². The second-order valence-corrected chi connectivity index (χ2v) is 8.44. The summed E-state index contributed by atoms with van der Waals surface area (Å²) in [6.45, 7) is 2.68. The van der Waals surface area contributed by atoms with Crippen LogP contribution in [0.25, 0.3) is 16.8 Å².